The molecule has 0 bridgehead atoms. The summed E-state index contributed by atoms with van der Waals surface area (Å²) in [6.07, 6.45) is 47.4. The Balaban J connectivity index is 0.965. The summed E-state index contributed by atoms with van der Waals surface area (Å²) in [6.45, 7) is 29.4. The van der Waals surface area contributed by atoms with Gasteiger partial charge in [0.2, 0.25) is 0 Å². The van der Waals surface area contributed by atoms with Crippen LogP contribution in [0.2, 0.25) is 0 Å². The molecule has 10 aromatic rings. The first-order valence-electron chi connectivity index (χ1n) is 49.2. The first-order valence-corrected chi connectivity index (χ1v) is 49.2. The van der Waals surface area contributed by atoms with Gasteiger partial charge in [-0.15, -0.1) is 0 Å². The van der Waals surface area contributed by atoms with E-state index >= 15 is 0 Å². The molecule has 670 valence electrons. The Morgan fingerprint density at radius 3 is 0.385 bits per heavy atom. The van der Waals surface area contributed by atoms with Crippen molar-refractivity contribution in [3.63, 3.8) is 0 Å². The first kappa shape index (κ1) is 95.8. The molecule has 0 aliphatic heterocycles. The van der Waals surface area contributed by atoms with Gasteiger partial charge in [0.25, 0.3) is 0 Å². The van der Waals surface area contributed by atoms with Crippen molar-refractivity contribution < 1.29 is 56.8 Å². The maximum atomic E-state index is 6.87. The lowest BCUT2D eigenvalue weighted by Gasteiger charge is -2.19. The Bertz CT molecular complexity index is 4420. The van der Waals surface area contributed by atoms with E-state index in [1.165, 1.54) is 51.4 Å². The van der Waals surface area contributed by atoms with Crippen LogP contribution in [-0.2, 0) is 0 Å². The average Bonchev–Trinajstić information content (AvgIpc) is 0.724. The number of ether oxygens (including phenoxy) is 12. The number of rotatable bonds is 69. The third-order valence-electron chi connectivity index (χ3n) is 23.5. The quantitative estimate of drug-likeness (QED) is 0.0201. The molecule has 0 amide bonds. The van der Waals surface area contributed by atoms with Crippen molar-refractivity contribution in [2.45, 2.75) is 352 Å². The molecule has 0 N–H and O–H groups in total. The molecule has 0 fully saturated rings. The highest BCUT2D eigenvalue weighted by atomic mass is 16.5. The summed E-state index contributed by atoms with van der Waals surface area (Å²) in [7, 11) is 0. The summed E-state index contributed by atoms with van der Waals surface area (Å²) in [4.78, 5) is 22.5. The van der Waals surface area contributed by atoms with Crippen molar-refractivity contribution in [1.82, 2.24) is 19.9 Å². The fourth-order valence-corrected chi connectivity index (χ4v) is 16.2. The summed E-state index contributed by atoms with van der Waals surface area (Å²) in [5, 5.41) is 7.76. The minimum Gasteiger partial charge on any atom is -0.490 e. The van der Waals surface area contributed by atoms with Gasteiger partial charge in [-0.2, -0.15) is 0 Å². The third-order valence-corrected chi connectivity index (χ3v) is 23.5. The molecule has 2 aromatic heterocycles. The molecule has 8 aromatic carbocycles. The number of fused-ring (bicyclic) bond motifs is 14. The molecule has 2 heterocycles. The van der Waals surface area contributed by atoms with Gasteiger partial charge >= 0.3 is 0 Å². The second kappa shape index (κ2) is 55.1. The van der Waals surface area contributed by atoms with Crippen LogP contribution in [0.4, 0.5) is 0 Å². The molecule has 0 saturated carbocycles. The molecular weight excluding hydrogens is 1520 g/mol. The van der Waals surface area contributed by atoms with Crippen molar-refractivity contribution in [2.24, 2.45) is 0 Å². The topological polar surface area (TPSA) is 162 Å². The Morgan fingerprint density at radius 1 is 0.139 bits per heavy atom. The molecule has 16 nitrogen and oxygen atoms in total. The SMILES string of the molecule is CCCCCCOc1cc2c3cc(OCCCCCC)c(OCCCCCC)cc3c3nc4cc(OCCCCCCOc5cc6nc7c8cc(OCCCCCC)c(OCCCCCC)cc8c8cc(OCCCCCC)c(OCCCCCC)cc8c7nc6cc5OCCCCCC)c(OCCCCCC)cc4nc3c2cc1OCCCCCC. The van der Waals surface area contributed by atoms with Crippen LogP contribution in [0.3, 0.4) is 0 Å². The van der Waals surface area contributed by atoms with Gasteiger partial charge < -0.3 is 56.8 Å². The third kappa shape index (κ3) is 29.1. The van der Waals surface area contributed by atoms with Crippen LogP contribution in [0.25, 0.3) is 87.2 Å². The van der Waals surface area contributed by atoms with Gasteiger partial charge in [0, 0.05) is 45.8 Å². The maximum Gasteiger partial charge on any atom is 0.163 e. The lowest BCUT2D eigenvalue weighted by atomic mass is 9.97. The van der Waals surface area contributed by atoms with Crippen LogP contribution < -0.4 is 56.8 Å². The zero-order chi connectivity index (χ0) is 85.6. The number of unbranched alkanes of at least 4 members (excludes halogenated alkanes) is 33. The van der Waals surface area contributed by atoms with Gasteiger partial charge in [-0.05, 0) is 160 Å². The molecule has 10 rings (SSSR count). The van der Waals surface area contributed by atoms with Crippen LogP contribution in [0.5, 0.6) is 69.0 Å². The number of benzene rings is 8. The summed E-state index contributed by atoms with van der Waals surface area (Å²) in [6, 6.07) is 25.6. The average molecular weight is 1680 g/mol. The number of aromatic nitrogens is 4. The predicted molar refractivity (Wildman–Crippen MR) is 510 cm³/mol. The minimum absolute atomic E-state index is 0.496. The van der Waals surface area contributed by atoms with E-state index in [0.717, 1.165) is 364 Å². The van der Waals surface area contributed by atoms with Crippen molar-refractivity contribution in [3.8, 4) is 69.0 Å². The van der Waals surface area contributed by atoms with E-state index in [9.17, 15) is 0 Å². The van der Waals surface area contributed by atoms with E-state index in [4.69, 9.17) is 76.8 Å². The maximum absolute atomic E-state index is 6.87. The van der Waals surface area contributed by atoms with Gasteiger partial charge in [0.1, 0.15) is 0 Å². The Kier molecular flexibility index (Phi) is 43.2. The highest BCUT2D eigenvalue weighted by Crippen LogP contribution is 2.48. The fraction of sp³-hybridized carbons (Fsp3) is 0.623. The van der Waals surface area contributed by atoms with Gasteiger partial charge in [0.05, 0.1) is 123 Å². The molecular formula is C106H154N4O12. The molecule has 0 saturated heterocycles. The van der Waals surface area contributed by atoms with Gasteiger partial charge in [-0.3, -0.25) is 0 Å². The van der Waals surface area contributed by atoms with Gasteiger partial charge in [0.15, 0.2) is 69.0 Å². The fourth-order valence-electron chi connectivity index (χ4n) is 16.2. The molecule has 0 atom stereocenters. The lowest BCUT2D eigenvalue weighted by molar-refractivity contribution is 0.251. The summed E-state index contributed by atoms with van der Waals surface area (Å²) in [5.41, 5.74) is 6.00. The van der Waals surface area contributed by atoms with Crippen molar-refractivity contribution in [3.05, 3.63) is 72.8 Å². The highest BCUT2D eigenvalue weighted by Gasteiger charge is 2.25. The first-order chi connectivity index (χ1) is 60.2. The summed E-state index contributed by atoms with van der Waals surface area (Å²) >= 11 is 0. The molecule has 0 unspecified atom stereocenters. The van der Waals surface area contributed by atoms with E-state index < -0.39 is 0 Å². The zero-order valence-electron chi connectivity index (χ0n) is 77.2. The van der Waals surface area contributed by atoms with E-state index in [1.807, 2.05) is 24.3 Å². The molecule has 16 heteroatoms. The standard InChI is InChI=1S/C106H154N4O12/c1-11-21-31-43-55-111-91-67-79-81-69-93(113-57-45-33-23-13-3)97(117-61-49-37-27-17-7)73-85(81)105-103(83(79)71-95(91)115-59-47-35-25-15-5)107-87-75-99(119-63-51-39-29-19-9)101(77-89(87)109-105)121-65-53-41-42-54-66-122-102-78-90-88(76-100(102)120-64-52-40-30-20-10)108-104-84-72-96(116-60-48-36-26-16-6)92(112-56-44-32-22-12-2)68-80(84)82-70-94(114-58-46-34-24-14-4)98(74-86(82)106(104)110-90)118-62-50-38-28-18-8/h67-78H,11-66H2,1-10H3. The van der Waals surface area contributed by atoms with E-state index in [1.54, 1.807) is 0 Å². The van der Waals surface area contributed by atoms with E-state index in [-0.39, 0.29) is 0 Å². The predicted octanol–water partition coefficient (Wildman–Crippen LogP) is 31.1. The largest absolute Gasteiger partial charge is 0.490 e. The van der Waals surface area contributed by atoms with Crippen molar-refractivity contribution in [1.29, 1.82) is 0 Å². The highest BCUT2D eigenvalue weighted by molar-refractivity contribution is 6.26. The summed E-state index contributed by atoms with van der Waals surface area (Å²) in [5.74, 6) is 8.57. The van der Waals surface area contributed by atoms with Crippen molar-refractivity contribution >= 4 is 87.2 Å². The second-order valence-corrected chi connectivity index (χ2v) is 34.0. The molecule has 0 spiro atoms. The van der Waals surface area contributed by atoms with Gasteiger partial charge in [-0.1, -0.05) is 262 Å². The molecule has 122 heavy (non-hydrogen) atoms. The van der Waals surface area contributed by atoms with Crippen LogP contribution in [0, 0.1) is 0 Å². The van der Waals surface area contributed by atoms with Crippen molar-refractivity contribution in [2.75, 3.05) is 79.3 Å². The van der Waals surface area contributed by atoms with E-state index in [0.29, 0.717) is 102 Å². The van der Waals surface area contributed by atoms with Gasteiger partial charge in [-0.25, -0.2) is 19.9 Å². The molecule has 0 radical (unpaired) electrons. The van der Waals surface area contributed by atoms with Crippen LogP contribution in [0.1, 0.15) is 352 Å². The number of nitrogens with zero attached hydrogens (tertiary/aromatic N) is 4. The van der Waals surface area contributed by atoms with Crippen LogP contribution in [-0.4, -0.2) is 99.2 Å². The second-order valence-electron chi connectivity index (χ2n) is 34.0. The molecule has 0 aliphatic rings. The Morgan fingerprint density at radius 2 is 0.254 bits per heavy atom. The monoisotopic (exact) mass is 1680 g/mol. The summed E-state index contributed by atoms with van der Waals surface area (Å²) < 4.78 is 81.4. The lowest BCUT2D eigenvalue weighted by Crippen LogP contribution is -2.05. The molecule has 0 aliphatic carbocycles. The Hall–Kier alpha value is -8.40. The van der Waals surface area contributed by atoms with Crippen LogP contribution >= 0.6 is 0 Å². The van der Waals surface area contributed by atoms with Crippen LogP contribution in [0.15, 0.2) is 72.8 Å². The number of hydrogen-bond donors (Lipinski definition) is 0. The smallest absolute Gasteiger partial charge is 0.163 e. The minimum atomic E-state index is 0.496. The number of hydrogen-bond acceptors (Lipinski definition) is 16. The zero-order valence-corrected chi connectivity index (χ0v) is 77.2. The Labute approximate surface area is 732 Å². The van der Waals surface area contributed by atoms with E-state index in [2.05, 4.69) is 118 Å². The normalized spacial score (nSPS) is 11.7.